The summed E-state index contributed by atoms with van der Waals surface area (Å²) in [6.07, 6.45) is 4.63. The number of rotatable bonds is 8. The first kappa shape index (κ1) is 17.8. The first-order chi connectivity index (χ1) is 11.1. The van der Waals surface area contributed by atoms with E-state index in [1.165, 1.54) is 5.56 Å². The fourth-order valence-electron chi connectivity index (χ4n) is 3.03. The SMILES string of the molecule is C=CCc1cc(CCCN2CCN(C)CC2)cc(OCC)c1O. The van der Waals surface area contributed by atoms with Crippen LogP contribution in [0.25, 0.3) is 0 Å². The van der Waals surface area contributed by atoms with E-state index >= 15 is 0 Å². The highest BCUT2D eigenvalue weighted by molar-refractivity contribution is 5.49. The van der Waals surface area contributed by atoms with E-state index in [1.807, 2.05) is 19.1 Å². The minimum absolute atomic E-state index is 0.259. The quantitative estimate of drug-likeness (QED) is 0.748. The van der Waals surface area contributed by atoms with Crippen LogP contribution in [0.3, 0.4) is 0 Å². The molecule has 0 unspecified atom stereocenters. The van der Waals surface area contributed by atoms with Crippen LogP contribution in [-0.4, -0.2) is 61.3 Å². The lowest BCUT2D eigenvalue weighted by Crippen LogP contribution is -2.44. The molecule has 2 rings (SSSR count). The summed E-state index contributed by atoms with van der Waals surface area (Å²) >= 11 is 0. The summed E-state index contributed by atoms with van der Waals surface area (Å²) in [5.41, 5.74) is 2.14. The summed E-state index contributed by atoms with van der Waals surface area (Å²) in [5.74, 6) is 0.857. The summed E-state index contributed by atoms with van der Waals surface area (Å²) in [7, 11) is 2.18. The molecule has 0 radical (unpaired) electrons. The summed E-state index contributed by atoms with van der Waals surface area (Å²) < 4.78 is 5.57. The van der Waals surface area contributed by atoms with Gasteiger partial charge in [-0.2, -0.15) is 0 Å². The Morgan fingerprint density at radius 2 is 2.00 bits per heavy atom. The third-order valence-corrected chi connectivity index (χ3v) is 4.41. The molecule has 1 aromatic rings. The second-order valence-corrected chi connectivity index (χ2v) is 6.28. The van der Waals surface area contributed by atoms with Crippen molar-refractivity contribution in [3.8, 4) is 11.5 Å². The Balaban J connectivity index is 1.94. The molecule has 1 N–H and O–H groups in total. The molecule has 128 valence electrons. The predicted octanol–water partition coefficient (Wildman–Crippen LogP) is 2.70. The second-order valence-electron chi connectivity index (χ2n) is 6.28. The molecule has 1 saturated heterocycles. The van der Waals surface area contributed by atoms with Crippen LogP contribution in [0.1, 0.15) is 24.5 Å². The van der Waals surface area contributed by atoms with Crippen molar-refractivity contribution in [2.45, 2.75) is 26.2 Å². The number of hydrogen-bond donors (Lipinski definition) is 1. The normalized spacial score (nSPS) is 16.4. The van der Waals surface area contributed by atoms with Gasteiger partial charge in [-0.1, -0.05) is 12.1 Å². The Morgan fingerprint density at radius 3 is 2.65 bits per heavy atom. The zero-order chi connectivity index (χ0) is 16.7. The number of nitrogens with zero attached hydrogens (tertiary/aromatic N) is 2. The number of likely N-dealkylation sites (N-methyl/N-ethyl adjacent to an activating group) is 1. The van der Waals surface area contributed by atoms with Crippen molar-refractivity contribution in [3.05, 3.63) is 35.9 Å². The minimum atomic E-state index is 0.259. The maximum absolute atomic E-state index is 10.2. The van der Waals surface area contributed by atoms with Gasteiger partial charge in [-0.3, -0.25) is 0 Å². The molecular weight excluding hydrogens is 288 g/mol. The van der Waals surface area contributed by atoms with Crippen LogP contribution >= 0.6 is 0 Å². The van der Waals surface area contributed by atoms with Gasteiger partial charge in [-0.05, 0) is 51.4 Å². The maximum Gasteiger partial charge on any atom is 0.161 e. The first-order valence-corrected chi connectivity index (χ1v) is 8.63. The van der Waals surface area contributed by atoms with Gasteiger partial charge in [0.15, 0.2) is 11.5 Å². The predicted molar refractivity (Wildman–Crippen MR) is 95.4 cm³/mol. The highest BCUT2D eigenvalue weighted by Crippen LogP contribution is 2.32. The van der Waals surface area contributed by atoms with Gasteiger partial charge in [0.25, 0.3) is 0 Å². The Hall–Kier alpha value is -1.52. The zero-order valence-corrected chi connectivity index (χ0v) is 14.6. The number of aryl methyl sites for hydroxylation is 1. The van der Waals surface area contributed by atoms with E-state index in [-0.39, 0.29) is 5.75 Å². The fourth-order valence-corrected chi connectivity index (χ4v) is 3.03. The highest BCUT2D eigenvalue weighted by Gasteiger charge is 2.14. The van der Waals surface area contributed by atoms with Crippen LogP contribution in [-0.2, 0) is 12.8 Å². The van der Waals surface area contributed by atoms with Gasteiger partial charge in [-0.25, -0.2) is 0 Å². The Bertz CT molecular complexity index is 508. The Labute approximate surface area is 140 Å². The van der Waals surface area contributed by atoms with Crippen molar-refractivity contribution < 1.29 is 9.84 Å². The number of benzene rings is 1. The molecule has 1 fully saturated rings. The molecule has 0 bridgehead atoms. The molecule has 0 aromatic heterocycles. The van der Waals surface area contributed by atoms with Gasteiger partial charge in [0.2, 0.25) is 0 Å². The summed E-state index contributed by atoms with van der Waals surface area (Å²) in [6.45, 7) is 12.1. The smallest absolute Gasteiger partial charge is 0.161 e. The van der Waals surface area contributed by atoms with Gasteiger partial charge >= 0.3 is 0 Å². The van der Waals surface area contributed by atoms with Crippen LogP contribution in [0, 0.1) is 0 Å². The lowest BCUT2D eigenvalue weighted by atomic mass is 10.0. The number of piperazine rings is 1. The van der Waals surface area contributed by atoms with E-state index in [0.717, 1.165) is 51.1 Å². The molecule has 1 aromatic carbocycles. The van der Waals surface area contributed by atoms with E-state index in [4.69, 9.17) is 4.74 Å². The third kappa shape index (κ3) is 5.26. The van der Waals surface area contributed by atoms with Crippen LogP contribution in [0.15, 0.2) is 24.8 Å². The molecule has 23 heavy (non-hydrogen) atoms. The topological polar surface area (TPSA) is 35.9 Å². The van der Waals surface area contributed by atoms with Gasteiger partial charge in [0.05, 0.1) is 6.61 Å². The lowest BCUT2D eigenvalue weighted by Gasteiger charge is -2.32. The van der Waals surface area contributed by atoms with E-state index in [0.29, 0.717) is 18.8 Å². The van der Waals surface area contributed by atoms with Gasteiger partial charge in [0.1, 0.15) is 0 Å². The molecule has 1 heterocycles. The molecule has 0 aliphatic carbocycles. The van der Waals surface area contributed by atoms with Crippen LogP contribution in [0.5, 0.6) is 11.5 Å². The summed E-state index contributed by atoms with van der Waals surface area (Å²) in [5, 5.41) is 10.2. The van der Waals surface area contributed by atoms with Crippen molar-refractivity contribution in [2.24, 2.45) is 0 Å². The van der Waals surface area contributed by atoms with E-state index in [2.05, 4.69) is 29.5 Å². The van der Waals surface area contributed by atoms with E-state index < -0.39 is 0 Å². The van der Waals surface area contributed by atoms with E-state index in [9.17, 15) is 5.11 Å². The molecule has 1 aliphatic rings. The standard InChI is InChI=1S/C19H30N2O2/c1-4-7-17-14-16(15-18(19(17)22)23-5-2)8-6-9-21-12-10-20(3)11-13-21/h4,14-15,22H,1,5-13H2,2-3H3. The number of phenolic OH excluding ortho intramolecular Hbond substituents is 1. The fraction of sp³-hybridized carbons (Fsp3) is 0.579. The van der Waals surface area contributed by atoms with Gasteiger partial charge in [0, 0.05) is 31.7 Å². The molecule has 0 atom stereocenters. The van der Waals surface area contributed by atoms with Crippen molar-refractivity contribution in [2.75, 3.05) is 46.4 Å². The van der Waals surface area contributed by atoms with Crippen molar-refractivity contribution in [1.82, 2.24) is 9.80 Å². The minimum Gasteiger partial charge on any atom is -0.504 e. The van der Waals surface area contributed by atoms with Crippen LogP contribution < -0.4 is 4.74 Å². The number of aromatic hydroxyl groups is 1. The molecule has 0 spiro atoms. The maximum atomic E-state index is 10.2. The Kier molecular flexibility index (Phi) is 6.93. The molecule has 1 aliphatic heterocycles. The second kappa shape index (κ2) is 8.94. The Morgan fingerprint density at radius 1 is 1.26 bits per heavy atom. The van der Waals surface area contributed by atoms with Crippen molar-refractivity contribution in [1.29, 1.82) is 0 Å². The lowest BCUT2D eigenvalue weighted by molar-refractivity contribution is 0.153. The van der Waals surface area contributed by atoms with Crippen molar-refractivity contribution >= 4 is 0 Å². The zero-order valence-electron chi connectivity index (χ0n) is 14.6. The highest BCUT2D eigenvalue weighted by atomic mass is 16.5. The molecule has 0 amide bonds. The molecule has 0 saturated carbocycles. The monoisotopic (exact) mass is 318 g/mol. The van der Waals surface area contributed by atoms with Crippen LogP contribution in [0.2, 0.25) is 0 Å². The average molecular weight is 318 g/mol. The summed E-state index contributed by atoms with van der Waals surface area (Å²) in [4.78, 5) is 4.92. The van der Waals surface area contributed by atoms with E-state index in [1.54, 1.807) is 0 Å². The van der Waals surface area contributed by atoms with Gasteiger partial charge in [-0.15, -0.1) is 6.58 Å². The molecule has 4 heteroatoms. The average Bonchev–Trinajstić information content (AvgIpc) is 2.54. The van der Waals surface area contributed by atoms with Crippen molar-refractivity contribution in [3.63, 3.8) is 0 Å². The number of allylic oxidation sites excluding steroid dienone is 1. The third-order valence-electron chi connectivity index (χ3n) is 4.41. The van der Waals surface area contributed by atoms with Gasteiger partial charge < -0.3 is 19.6 Å². The number of phenols is 1. The first-order valence-electron chi connectivity index (χ1n) is 8.63. The summed E-state index contributed by atoms with van der Waals surface area (Å²) in [6, 6.07) is 4.07. The molecular formula is C19H30N2O2. The number of ether oxygens (including phenoxy) is 1. The van der Waals surface area contributed by atoms with Crippen LogP contribution in [0.4, 0.5) is 0 Å². The molecule has 4 nitrogen and oxygen atoms in total. The largest absolute Gasteiger partial charge is 0.504 e. The number of hydrogen-bond acceptors (Lipinski definition) is 4.